The van der Waals surface area contributed by atoms with Gasteiger partial charge in [-0.25, -0.2) is 8.42 Å². The summed E-state index contributed by atoms with van der Waals surface area (Å²) in [6.07, 6.45) is 2.09. The molecule has 0 saturated heterocycles. The molecule has 4 heteroatoms. The van der Waals surface area contributed by atoms with Crippen LogP contribution in [-0.2, 0) is 9.84 Å². The lowest BCUT2D eigenvalue weighted by molar-refractivity contribution is 0.226. The Morgan fingerprint density at radius 3 is 2.62 bits per heavy atom. The van der Waals surface area contributed by atoms with E-state index in [1.165, 1.54) is 0 Å². The van der Waals surface area contributed by atoms with Crippen LogP contribution in [0.5, 0.6) is 0 Å². The summed E-state index contributed by atoms with van der Waals surface area (Å²) >= 11 is 0. The van der Waals surface area contributed by atoms with E-state index in [1.807, 2.05) is 18.2 Å². The van der Waals surface area contributed by atoms with Gasteiger partial charge in [-0.3, -0.25) is 0 Å². The number of nitrogens with one attached hydrogen (secondary N) is 1. The fourth-order valence-electron chi connectivity index (χ4n) is 3.42. The van der Waals surface area contributed by atoms with Crippen molar-refractivity contribution < 1.29 is 8.42 Å². The van der Waals surface area contributed by atoms with Crippen LogP contribution >= 0.6 is 0 Å². The van der Waals surface area contributed by atoms with Crippen LogP contribution in [0.1, 0.15) is 52.0 Å². The number of hydrogen-bond donors (Lipinski definition) is 1. The Morgan fingerprint density at radius 1 is 1.33 bits per heavy atom. The van der Waals surface area contributed by atoms with Gasteiger partial charge in [-0.1, -0.05) is 52.3 Å². The minimum atomic E-state index is -3.12. The first-order valence-electron chi connectivity index (χ1n) is 7.85. The molecule has 0 spiro atoms. The van der Waals surface area contributed by atoms with Crippen LogP contribution in [0.4, 0.5) is 0 Å². The lowest BCUT2D eigenvalue weighted by atomic mass is 9.71. The molecule has 1 aromatic carbocycles. The quantitative estimate of drug-likeness (QED) is 0.876. The van der Waals surface area contributed by atoms with Gasteiger partial charge in [0.05, 0.1) is 10.6 Å². The van der Waals surface area contributed by atoms with Crippen LogP contribution in [0.2, 0.25) is 0 Å². The Bertz CT molecular complexity index is 595. The van der Waals surface area contributed by atoms with Crippen molar-refractivity contribution in [2.24, 2.45) is 5.41 Å². The average Bonchev–Trinajstić information content (AvgIpc) is 2.70. The van der Waals surface area contributed by atoms with Crippen LogP contribution in [0.15, 0.2) is 29.2 Å². The molecule has 1 aromatic rings. The molecule has 1 aliphatic rings. The Kier molecular flexibility index (Phi) is 4.79. The highest BCUT2D eigenvalue weighted by atomic mass is 32.2. The number of rotatable bonds is 6. The average molecular weight is 309 g/mol. The molecule has 2 unspecified atom stereocenters. The van der Waals surface area contributed by atoms with E-state index in [4.69, 9.17) is 0 Å². The molecule has 2 atom stereocenters. The second-order valence-electron chi connectivity index (χ2n) is 6.81. The summed E-state index contributed by atoms with van der Waals surface area (Å²) in [6.45, 7) is 9.52. The molecule has 118 valence electrons. The van der Waals surface area contributed by atoms with Crippen molar-refractivity contribution in [1.82, 2.24) is 5.32 Å². The first-order chi connectivity index (χ1) is 9.80. The van der Waals surface area contributed by atoms with Gasteiger partial charge in [0.15, 0.2) is 9.84 Å². The zero-order valence-corrected chi connectivity index (χ0v) is 14.3. The predicted molar refractivity (Wildman–Crippen MR) is 87.4 cm³/mol. The minimum absolute atomic E-state index is 0.0291. The van der Waals surface area contributed by atoms with Gasteiger partial charge in [-0.2, -0.15) is 0 Å². The molecule has 0 radical (unpaired) electrons. The number of hydrogen-bond acceptors (Lipinski definition) is 3. The Hall–Kier alpha value is -0.870. The molecular weight excluding hydrogens is 282 g/mol. The van der Waals surface area contributed by atoms with Crippen molar-refractivity contribution in [3.8, 4) is 0 Å². The van der Waals surface area contributed by atoms with Gasteiger partial charge in [-0.05, 0) is 23.5 Å². The van der Waals surface area contributed by atoms with E-state index in [9.17, 15) is 8.42 Å². The normalized spacial score (nSPS) is 23.0. The van der Waals surface area contributed by atoms with Gasteiger partial charge in [0.1, 0.15) is 0 Å². The van der Waals surface area contributed by atoms with Gasteiger partial charge in [0, 0.05) is 18.5 Å². The molecule has 2 rings (SSSR count). The SMILES string of the molecule is CCCC(C)(CNC(C)C)C1CS(=O)(=O)c2ccccc21. The lowest BCUT2D eigenvalue weighted by Crippen LogP contribution is -2.40. The van der Waals surface area contributed by atoms with Crippen LogP contribution in [0.25, 0.3) is 0 Å². The highest BCUT2D eigenvalue weighted by Crippen LogP contribution is 2.47. The second-order valence-corrected chi connectivity index (χ2v) is 8.81. The topological polar surface area (TPSA) is 46.2 Å². The van der Waals surface area contributed by atoms with Crippen molar-refractivity contribution in [3.63, 3.8) is 0 Å². The Morgan fingerprint density at radius 2 is 2.00 bits per heavy atom. The number of fused-ring (bicyclic) bond motifs is 1. The van der Waals surface area contributed by atoms with Gasteiger partial charge in [-0.15, -0.1) is 0 Å². The summed E-state index contributed by atoms with van der Waals surface area (Å²) in [4.78, 5) is 0.543. The highest BCUT2D eigenvalue weighted by molar-refractivity contribution is 7.91. The third kappa shape index (κ3) is 3.32. The standard InChI is InChI=1S/C17H27NO2S/c1-5-10-17(4,12-18-13(2)3)15-11-21(19,20)16-9-7-6-8-14(15)16/h6-9,13,15,18H,5,10-12H2,1-4H3. The molecule has 0 fully saturated rings. The molecule has 1 N–H and O–H groups in total. The van der Waals surface area contributed by atoms with Crippen LogP contribution < -0.4 is 5.32 Å². The monoisotopic (exact) mass is 309 g/mol. The fraction of sp³-hybridized carbons (Fsp3) is 0.647. The van der Waals surface area contributed by atoms with Crippen molar-refractivity contribution in [3.05, 3.63) is 29.8 Å². The van der Waals surface area contributed by atoms with Gasteiger partial charge >= 0.3 is 0 Å². The van der Waals surface area contributed by atoms with E-state index in [1.54, 1.807) is 6.07 Å². The van der Waals surface area contributed by atoms with Gasteiger partial charge in [0.25, 0.3) is 0 Å². The molecule has 1 heterocycles. The first-order valence-corrected chi connectivity index (χ1v) is 9.50. The maximum atomic E-state index is 12.4. The molecule has 0 saturated carbocycles. The second kappa shape index (κ2) is 6.09. The Balaban J connectivity index is 2.38. The zero-order chi connectivity index (χ0) is 15.7. The highest BCUT2D eigenvalue weighted by Gasteiger charge is 2.44. The van der Waals surface area contributed by atoms with E-state index in [0.29, 0.717) is 10.9 Å². The van der Waals surface area contributed by atoms with Crippen molar-refractivity contribution >= 4 is 9.84 Å². The fourth-order valence-corrected chi connectivity index (χ4v) is 5.48. The summed E-state index contributed by atoms with van der Waals surface area (Å²) in [6, 6.07) is 7.94. The summed E-state index contributed by atoms with van der Waals surface area (Å²) in [5.74, 6) is 0.340. The van der Waals surface area contributed by atoms with Crippen LogP contribution in [0.3, 0.4) is 0 Å². The maximum Gasteiger partial charge on any atom is 0.179 e. The summed E-state index contributed by atoms with van der Waals surface area (Å²) in [7, 11) is -3.12. The number of benzene rings is 1. The molecule has 3 nitrogen and oxygen atoms in total. The minimum Gasteiger partial charge on any atom is -0.314 e. The summed E-state index contributed by atoms with van der Waals surface area (Å²) in [5.41, 5.74) is 0.984. The molecule has 21 heavy (non-hydrogen) atoms. The zero-order valence-electron chi connectivity index (χ0n) is 13.5. The van der Waals surface area contributed by atoms with Crippen molar-refractivity contribution in [2.45, 2.75) is 57.4 Å². The van der Waals surface area contributed by atoms with Crippen LogP contribution in [-0.4, -0.2) is 26.8 Å². The van der Waals surface area contributed by atoms with E-state index < -0.39 is 9.84 Å². The lowest BCUT2D eigenvalue weighted by Gasteiger charge is -2.36. The van der Waals surface area contributed by atoms with Crippen molar-refractivity contribution in [1.29, 1.82) is 0 Å². The van der Waals surface area contributed by atoms with E-state index in [-0.39, 0.29) is 17.1 Å². The van der Waals surface area contributed by atoms with E-state index in [2.05, 4.69) is 33.0 Å². The smallest absolute Gasteiger partial charge is 0.179 e. The molecular formula is C17H27NO2S. The van der Waals surface area contributed by atoms with Gasteiger partial charge in [0.2, 0.25) is 0 Å². The Labute approximate surface area is 129 Å². The van der Waals surface area contributed by atoms with Crippen molar-refractivity contribution in [2.75, 3.05) is 12.3 Å². The van der Waals surface area contributed by atoms with E-state index >= 15 is 0 Å². The molecule has 0 aliphatic carbocycles. The third-order valence-electron chi connectivity index (χ3n) is 4.59. The van der Waals surface area contributed by atoms with Gasteiger partial charge < -0.3 is 5.32 Å². The van der Waals surface area contributed by atoms with E-state index in [0.717, 1.165) is 24.9 Å². The summed E-state index contributed by atoms with van der Waals surface area (Å²) < 4.78 is 24.9. The first kappa shape index (κ1) is 16.5. The molecule has 0 bridgehead atoms. The molecule has 1 aliphatic heterocycles. The summed E-state index contributed by atoms with van der Waals surface area (Å²) in [5, 5.41) is 3.51. The molecule has 0 amide bonds. The maximum absolute atomic E-state index is 12.4. The number of sulfone groups is 1. The van der Waals surface area contributed by atoms with Crippen LogP contribution in [0, 0.1) is 5.41 Å². The largest absolute Gasteiger partial charge is 0.314 e. The third-order valence-corrected chi connectivity index (χ3v) is 6.41. The molecule has 0 aromatic heterocycles. The predicted octanol–water partition coefficient (Wildman–Crippen LogP) is 3.36.